The Morgan fingerprint density at radius 3 is 1.42 bits per heavy atom. The zero-order chi connectivity index (χ0) is 41.6. The van der Waals surface area contributed by atoms with Gasteiger partial charge in [-0.3, -0.25) is 0 Å². The molecule has 0 spiro atoms. The van der Waals surface area contributed by atoms with E-state index in [9.17, 15) is 0 Å². The van der Waals surface area contributed by atoms with E-state index in [0.29, 0.717) is 0 Å². The number of nitrogens with zero attached hydrogens (tertiary/aromatic N) is 1. The topological polar surface area (TPSA) is 3.24 Å². The first kappa shape index (κ1) is 37.3. The van der Waals surface area contributed by atoms with Crippen LogP contribution in [0.3, 0.4) is 0 Å². The standard InChI is InChI=1S/C61H45N/c1-61(2)58-23-9-8-21-57(58)60-56(22-12-24-59(60)61)47-33-37-54(38-34-47)62(53-35-31-46(32-36-53)50-18-10-17-49(39-50)42-13-4-3-5-14-42)55-20-11-19-51(41-55)44-25-27-45(28-26-44)52-30-29-43-15-6-7-16-48(43)40-52/h3-41H,1-2H3. The molecule has 0 aromatic heterocycles. The Bertz CT molecular complexity index is 3230. The molecule has 1 aliphatic rings. The Morgan fingerprint density at radius 1 is 0.274 bits per heavy atom. The first-order chi connectivity index (χ1) is 30.5. The zero-order valence-electron chi connectivity index (χ0n) is 35.0. The summed E-state index contributed by atoms with van der Waals surface area (Å²) in [7, 11) is 0. The van der Waals surface area contributed by atoms with Crippen LogP contribution in [-0.4, -0.2) is 0 Å². The van der Waals surface area contributed by atoms with Crippen molar-refractivity contribution >= 4 is 27.8 Å². The second-order valence-electron chi connectivity index (χ2n) is 17.0. The van der Waals surface area contributed by atoms with Crippen molar-refractivity contribution in [2.24, 2.45) is 0 Å². The fourth-order valence-electron chi connectivity index (χ4n) is 9.59. The van der Waals surface area contributed by atoms with E-state index >= 15 is 0 Å². The summed E-state index contributed by atoms with van der Waals surface area (Å²) in [4.78, 5) is 2.38. The average molecular weight is 792 g/mol. The van der Waals surface area contributed by atoms with Crippen molar-refractivity contribution in [3.05, 3.63) is 248 Å². The molecule has 0 radical (unpaired) electrons. The van der Waals surface area contributed by atoms with Crippen molar-refractivity contribution in [3.8, 4) is 66.8 Å². The quantitative estimate of drug-likeness (QED) is 0.148. The lowest BCUT2D eigenvalue weighted by atomic mass is 9.82. The van der Waals surface area contributed by atoms with Gasteiger partial charge < -0.3 is 4.90 Å². The Balaban J connectivity index is 0.967. The molecule has 0 atom stereocenters. The highest BCUT2D eigenvalue weighted by molar-refractivity contribution is 5.93. The van der Waals surface area contributed by atoms with Gasteiger partial charge >= 0.3 is 0 Å². The number of hydrogen-bond donors (Lipinski definition) is 0. The Kier molecular flexibility index (Phi) is 9.24. The van der Waals surface area contributed by atoms with Gasteiger partial charge in [0, 0.05) is 22.5 Å². The third kappa shape index (κ3) is 6.69. The van der Waals surface area contributed by atoms with E-state index in [1.807, 2.05) is 0 Å². The molecule has 11 rings (SSSR count). The summed E-state index contributed by atoms with van der Waals surface area (Å²) in [5.74, 6) is 0. The summed E-state index contributed by atoms with van der Waals surface area (Å²) in [5.41, 5.74) is 20.8. The second kappa shape index (κ2) is 15.4. The van der Waals surface area contributed by atoms with Gasteiger partial charge in [0.25, 0.3) is 0 Å². The normalized spacial score (nSPS) is 12.5. The minimum Gasteiger partial charge on any atom is -0.310 e. The van der Waals surface area contributed by atoms with Gasteiger partial charge in [-0.15, -0.1) is 0 Å². The predicted molar refractivity (Wildman–Crippen MR) is 263 cm³/mol. The number of rotatable bonds is 8. The first-order valence-electron chi connectivity index (χ1n) is 21.6. The SMILES string of the molecule is CC1(C)c2ccccc2-c2c(-c3ccc(N(c4ccc(-c5cccc(-c6ccccc6)c5)cc4)c4cccc(-c5ccc(-c6ccc7ccccc7c6)cc5)c4)cc3)cccc21. The Morgan fingerprint density at radius 2 is 0.726 bits per heavy atom. The van der Waals surface area contributed by atoms with E-state index in [1.54, 1.807) is 0 Å². The molecule has 0 aliphatic heterocycles. The third-order valence-electron chi connectivity index (χ3n) is 12.9. The minimum absolute atomic E-state index is 0.0462. The molecule has 10 aromatic carbocycles. The van der Waals surface area contributed by atoms with E-state index < -0.39 is 0 Å². The van der Waals surface area contributed by atoms with Crippen LogP contribution in [0.4, 0.5) is 17.1 Å². The lowest BCUT2D eigenvalue weighted by Gasteiger charge is -2.26. The summed E-state index contributed by atoms with van der Waals surface area (Å²) >= 11 is 0. The largest absolute Gasteiger partial charge is 0.310 e. The van der Waals surface area contributed by atoms with E-state index in [4.69, 9.17) is 0 Å². The summed E-state index contributed by atoms with van der Waals surface area (Å²) in [5, 5.41) is 2.51. The van der Waals surface area contributed by atoms with E-state index in [-0.39, 0.29) is 5.41 Å². The Hall–Kier alpha value is -7.74. The van der Waals surface area contributed by atoms with Gasteiger partial charge in [-0.25, -0.2) is 0 Å². The second-order valence-corrected chi connectivity index (χ2v) is 17.0. The van der Waals surface area contributed by atoms with Crippen LogP contribution < -0.4 is 4.90 Å². The summed E-state index contributed by atoms with van der Waals surface area (Å²) in [6, 6.07) is 86.5. The third-order valence-corrected chi connectivity index (χ3v) is 12.9. The minimum atomic E-state index is -0.0462. The van der Waals surface area contributed by atoms with Crippen LogP contribution in [0, 0.1) is 0 Å². The molecule has 0 N–H and O–H groups in total. The highest BCUT2D eigenvalue weighted by atomic mass is 15.1. The Labute approximate surface area is 364 Å². The van der Waals surface area contributed by atoms with E-state index in [0.717, 1.165) is 17.1 Å². The molecule has 1 aliphatic carbocycles. The molecule has 1 nitrogen and oxygen atoms in total. The highest BCUT2D eigenvalue weighted by Crippen LogP contribution is 2.52. The maximum Gasteiger partial charge on any atom is 0.0467 e. The molecule has 0 heterocycles. The number of anilines is 3. The summed E-state index contributed by atoms with van der Waals surface area (Å²) in [6.07, 6.45) is 0. The first-order valence-corrected chi connectivity index (χ1v) is 21.6. The zero-order valence-corrected chi connectivity index (χ0v) is 35.0. The van der Waals surface area contributed by atoms with E-state index in [2.05, 4.69) is 255 Å². The van der Waals surface area contributed by atoms with Crippen LogP contribution in [0.2, 0.25) is 0 Å². The molecular formula is C61H45N. The van der Waals surface area contributed by atoms with Crippen molar-refractivity contribution in [3.63, 3.8) is 0 Å². The summed E-state index contributed by atoms with van der Waals surface area (Å²) in [6.45, 7) is 4.70. The van der Waals surface area contributed by atoms with Crippen molar-refractivity contribution in [2.75, 3.05) is 4.90 Å². The number of fused-ring (bicyclic) bond motifs is 4. The molecule has 0 unspecified atom stereocenters. The molecular weight excluding hydrogens is 747 g/mol. The molecule has 294 valence electrons. The number of benzene rings is 10. The van der Waals surface area contributed by atoms with Gasteiger partial charge in [0.15, 0.2) is 0 Å². The van der Waals surface area contributed by atoms with Crippen molar-refractivity contribution in [1.82, 2.24) is 0 Å². The smallest absolute Gasteiger partial charge is 0.0467 e. The predicted octanol–water partition coefficient (Wildman–Crippen LogP) is 17.0. The van der Waals surface area contributed by atoms with Crippen molar-refractivity contribution in [1.29, 1.82) is 0 Å². The lowest BCUT2D eigenvalue weighted by molar-refractivity contribution is 0.660. The van der Waals surface area contributed by atoms with Crippen LogP contribution in [0.5, 0.6) is 0 Å². The molecule has 0 saturated carbocycles. The molecule has 0 fully saturated rings. The van der Waals surface area contributed by atoms with Gasteiger partial charge in [-0.1, -0.05) is 202 Å². The van der Waals surface area contributed by atoms with Crippen LogP contribution in [0.1, 0.15) is 25.0 Å². The fourth-order valence-corrected chi connectivity index (χ4v) is 9.59. The van der Waals surface area contributed by atoms with Gasteiger partial charge in [0.1, 0.15) is 0 Å². The summed E-state index contributed by atoms with van der Waals surface area (Å²) < 4.78 is 0. The molecule has 1 heteroatoms. The maximum atomic E-state index is 2.38. The van der Waals surface area contributed by atoms with E-state index in [1.165, 1.54) is 88.7 Å². The molecule has 62 heavy (non-hydrogen) atoms. The van der Waals surface area contributed by atoms with Gasteiger partial charge in [-0.2, -0.15) is 0 Å². The fraction of sp³-hybridized carbons (Fsp3) is 0.0492. The monoisotopic (exact) mass is 791 g/mol. The van der Waals surface area contributed by atoms with Crippen molar-refractivity contribution < 1.29 is 0 Å². The van der Waals surface area contributed by atoms with Crippen LogP contribution in [0.15, 0.2) is 237 Å². The molecule has 0 saturated heterocycles. The van der Waals surface area contributed by atoms with Gasteiger partial charge in [0.05, 0.1) is 0 Å². The van der Waals surface area contributed by atoms with Crippen molar-refractivity contribution in [2.45, 2.75) is 19.3 Å². The van der Waals surface area contributed by atoms with Crippen LogP contribution >= 0.6 is 0 Å². The molecule has 0 bridgehead atoms. The van der Waals surface area contributed by atoms with Gasteiger partial charge in [-0.05, 0) is 137 Å². The van der Waals surface area contributed by atoms with Crippen LogP contribution in [-0.2, 0) is 5.41 Å². The molecule has 0 amide bonds. The maximum absolute atomic E-state index is 2.38. The number of hydrogen-bond acceptors (Lipinski definition) is 1. The average Bonchev–Trinajstić information content (AvgIpc) is 3.58. The highest BCUT2D eigenvalue weighted by Gasteiger charge is 2.36. The molecule has 10 aromatic rings. The van der Waals surface area contributed by atoms with Gasteiger partial charge in [0.2, 0.25) is 0 Å². The lowest BCUT2D eigenvalue weighted by Crippen LogP contribution is -2.14. The van der Waals surface area contributed by atoms with Crippen LogP contribution in [0.25, 0.3) is 77.5 Å².